The first kappa shape index (κ1) is 17.0. The summed E-state index contributed by atoms with van der Waals surface area (Å²) in [7, 11) is 1.64. The zero-order chi connectivity index (χ0) is 16.5. The Kier molecular flexibility index (Phi) is 6.63. The summed E-state index contributed by atoms with van der Waals surface area (Å²) in [5, 5.41) is 12.4. The molecule has 2 N–H and O–H groups in total. The van der Waals surface area contributed by atoms with Crippen molar-refractivity contribution in [3.63, 3.8) is 0 Å². The van der Waals surface area contributed by atoms with Crippen molar-refractivity contribution in [3.05, 3.63) is 65.7 Å². The zero-order valence-electron chi connectivity index (χ0n) is 13.4. The van der Waals surface area contributed by atoms with Gasteiger partial charge in [-0.3, -0.25) is 4.79 Å². The zero-order valence-corrected chi connectivity index (χ0v) is 13.4. The summed E-state index contributed by atoms with van der Waals surface area (Å²) in [6.45, 7) is 0.682. The summed E-state index contributed by atoms with van der Waals surface area (Å²) < 4.78 is 5.14. The van der Waals surface area contributed by atoms with Crippen LogP contribution < -0.4 is 10.1 Å². The number of ether oxygens (including phenoxy) is 1. The summed E-state index contributed by atoms with van der Waals surface area (Å²) in [4.78, 5) is 11.1. The fourth-order valence-electron chi connectivity index (χ4n) is 2.48. The molecule has 0 spiro atoms. The van der Waals surface area contributed by atoms with Gasteiger partial charge in [0.1, 0.15) is 5.75 Å². The second kappa shape index (κ2) is 8.96. The van der Waals surface area contributed by atoms with Crippen molar-refractivity contribution < 1.29 is 14.6 Å². The van der Waals surface area contributed by atoms with E-state index in [4.69, 9.17) is 9.84 Å². The number of rotatable bonds is 9. The summed E-state index contributed by atoms with van der Waals surface area (Å²) >= 11 is 0. The average Bonchev–Trinajstić information content (AvgIpc) is 2.58. The molecule has 4 heteroatoms. The van der Waals surface area contributed by atoms with Crippen LogP contribution in [0.15, 0.2) is 54.6 Å². The molecule has 4 nitrogen and oxygen atoms in total. The van der Waals surface area contributed by atoms with Gasteiger partial charge in [-0.2, -0.15) is 0 Å². The number of carboxylic acids is 1. The van der Waals surface area contributed by atoms with Gasteiger partial charge in [-0.05, 0) is 36.1 Å². The van der Waals surface area contributed by atoms with E-state index in [0.717, 1.165) is 24.2 Å². The lowest BCUT2D eigenvalue weighted by Gasteiger charge is -2.17. The first-order chi connectivity index (χ1) is 11.2. The molecular formula is C19H23NO3. The molecule has 2 aromatic rings. The molecule has 0 saturated heterocycles. The Bertz CT molecular complexity index is 596. The molecule has 0 radical (unpaired) electrons. The molecule has 122 valence electrons. The largest absolute Gasteiger partial charge is 0.497 e. The number of carbonyl (C=O) groups is 1. The molecule has 0 aliphatic carbocycles. The van der Waals surface area contributed by atoms with E-state index in [1.54, 1.807) is 7.11 Å². The van der Waals surface area contributed by atoms with Gasteiger partial charge in [0.05, 0.1) is 13.5 Å². The van der Waals surface area contributed by atoms with Crippen LogP contribution in [0.3, 0.4) is 0 Å². The van der Waals surface area contributed by atoms with Crippen LogP contribution in [0.25, 0.3) is 0 Å². The van der Waals surface area contributed by atoms with Crippen LogP contribution in [0.5, 0.6) is 5.75 Å². The van der Waals surface area contributed by atoms with E-state index in [9.17, 15) is 4.79 Å². The van der Waals surface area contributed by atoms with Crippen LogP contribution in [-0.4, -0.2) is 24.2 Å². The summed E-state index contributed by atoms with van der Waals surface area (Å²) in [5.41, 5.74) is 2.34. The van der Waals surface area contributed by atoms with Crippen LogP contribution in [0, 0.1) is 0 Å². The second-order valence-corrected chi connectivity index (χ2v) is 5.55. The lowest BCUT2D eigenvalue weighted by Crippen LogP contribution is -2.31. The third-order valence-corrected chi connectivity index (χ3v) is 3.80. The number of nitrogens with one attached hydrogen (secondary N) is 1. The van der Waals surface area contributed by atoms with E-state index in [1.165, 1.54) is 5.56 Å². The van der Waals surface area contributed by atoms with Crippen molar-refractivity contribution in [1.82, 2.24) is 5.32 Å². The number of hydrogen-bond donors (Lipinski definition) is 2. The quantitative estimate of drug-likeness (QED) is 0.746. The van der Waals surface area contributed by atoms with Gasteiger partial charge in [-0.15, -0.1) is 0 Å². The Hall–Kier alpha value is -2.33. The maximum Gasteiger partial charge on any atom is 0.304 e. The number of aryl methyl sites for hydroxylation is 1. The van der Waals surface area contributed by atoms with Gasteiger partial charge in [0.25, 0.3) is 0 Å². The molecule has 1 atom stereocenters. The Labute approximate surface area is 137 Å². The maximum atomic E-state index is 11.1. The Morgan fingerprint density at radius 3 is 2.39 bits per heavy atom. The molecule has 0 aliphatic heterocycles. The van der Waals surface area contributed by atoms with Gasteiger partial charge >= 0.3 is 5.97 Å². The molecule has 0 fully saturated rings. The summed E-state index contributed by atoms with van der Waals surface area (Å²) in [5.74, 6) is 0.0586. The summed E-state index contributed by atoms with van der Waals surface area (Å²) in [6, 6.07) is 17.9. The molecule has 0 saturated carbocycles. The first-order valence-electron chi connectivity index (χ1n) is 7.79. The van der Waals surface area contributed by atoms with Crippen LogP contribution in [0.2, 0.25) is 0 Å². The van der Waals surface area contributed by atoms with Crippen molar-refractivity contribution in [1.29, 1.82) is 0 Å². The number of benzene rings is 2. The van der Waals surface area contributed by atoms with Crippen LogP contribution in [-0.2, 0) is 17.8 Å². The summed E-state index contributed by atoms with van der Waals surface area (Å²) in [6.07, 6.45) is 1.75. The van der Waals surface area contributed by atoms with Gasteiger partial charge in [0, 0.05) is 12.6 Å². The molecule has 2 aromatic carbocycles. The molecule has 0 bridgehead atoms. The van der Waals surface area contributed by atoms with Crippen molar-refractivity contribution in [2.24, 2.45) is 0 Å². The van der Waals surface area contributed by atoms with Crippen molar-refractivity contribution >= 4 is 5.97 Å². The van der Waals surface area contributed by atoms with E-state index in [1.807, 2.05) is 54.6 Å². The van der Waals surface area contributed by atoms with Crippen LogP contribution in [0.4, 0.5) is 0 Å². The lowest BCUT2D eigenvalue weighted by atomic mass is 10.0. The fraction of sp³-hybridized carbons (Fsp3) is 0.316. The highest BCUT2D eigenvalue weighted by atomic mass is 16.5. The minimum atomic E-state index is -0.773. The minimum absolute atomic E-state index is 0.0465. The van der Waals surface area contributed by atoms with E-state index in [-0.39, 0.29) is 12.5 Å². The molecule has 23 heavy (non-hydrogen) atoms. The predicted octanol–water partition coefficient (Wildman–Crippen LogP) is 3.26. The SMILES string of the molecule is COc1ccc(CCC(CC(=O)O)NCc2ccccc2)cc1. The third-order valence-electron chi connectivity index (χ3n) is 3.80. The molecule has 0 amide bonds. The van der Waals surface area contributed by atoms with Gasteiger partial charge in [0.15, 0.2) is 0 Å². The molecule has 0 aliphatic rings. The molecular weight excluding hydrogens is 290 g/mol. The number of aliphatic carboxylic acids is 1. The van der Waals surface area contributed by atoms with E-state index in [2.05, 4.69) is 5.32 Å². The molecule has 0 aromatic heterocycles. The van der Waals surface area contributed by atoms with E-state index >= 15 is 0 Å². The topological polar surface area (TPSA) is 58.6 Å². The number of hydrogen-bond acceptors (Lipinski definition) is 3. The van der Waals surface area contributed by atoms with E-state index < -0.39 is 5.97 Å². The number of methoxy groups -OCH3 is 1. The normalized spacial score (nSPS) is 11.9. The Morgan fingerprint density at radius 2 is 1.78 bits per heavy atom. The molecule has 1 unspecified atom stereocenters. The van der Waals surface area contributed by atoms with Gasteiger partial charge in [-0.1, -0.05) is 42.5 Å². The minimum Gasteiger partial charge on any atom is -0.497 e. The maximum absolute atomic E-state index is 11.1. The second-order valence-electron chi connectivity index (χ2n) is 5.55. The lowest BCUT2D eigenvalue weighted by molar-refractivity contribution is -0.137. The third kappa shape index (κ3) is 6.12. The van der Waals surface area contributed by atoms with Gasteiger partial charge in [-0.25, -0.2) is 0 Å². The average molecular weight is 313 g/mol. The fourth-order valence-corrected chi connectivity index (χ4v) is 2.48. The standard InChI is InChI=1S/C19H23NO3/c1-23-18-11-8-15(9-12-18)7-10-17(13-19(21)22)20-14-16-5-3-2-4-6-16/h2-6,8-9,11-12,17,20H,7,10,13-14H2,1H3,(H,21,22). The smallest absolute Gasteiger partial charge is 0.304 e. The Balaban J connectivity index is 1.88. The molecule has 0 heterocycles. The van der Waals surface area contributed by atoms with Gasteiger partial charge < -0.3 is 15.2 Å². The van der Waals surface area contributed by atoms with Crippen molar-refractivity contribution in [2.75, 3.05) is 7.11 Å². The van der Waals surface area contributed by atoms with Crippen molar-refractivity contribution in [3.8, 4) is 5.75 Å². The van der Waals surface area contributed by atoms with Crippen molar-refractivity contribution in [2.45, 2.75) is 31.8 Å². The predicted molar refractivity (Wildman–Crippen MR) is 90.6 cm³/mol. The highest BCUT2D eigenvalue weighted by molar-refractivity contribution is 5.67. The van der Waals surface area contributed by atoms with E-state index in [0.29, 0.717) is 6.54 Å². The van der Waals surface area contributed by atoms with Gasteiger partial charge in [0.2, 0.25) is 0 Å². The number of carboxylic acid groups (broad SMARTS) is 1. The van der Waals surface area contributed by atoms with Crippen LogP contribution >= 0.6 is 0 Å². The monoisotopic (exact) mass is 313 g/mol. The van der Waals surface area contributed by atoms with Crippen LogP contribution in [0.1, 0.15) is 24.0 Å². The highest BCUT2D eigenvalue weighted by Crippen LogP contribution is 2.14. The first-order valence-corrected chi connectivity index (χ1v) is 7.79. The highest BCUT2D eigenvalue weighted by Gasteiger charge is 2.13. The molecule has 2 rings (SSSR count). The Morgan fingerprint density at radius 1 is 1.09 bits per heavy atom.